The van der Waals surface area contributed by atoms with E-state index in [0.29, 0.717) is 11.5 Å². The van der Waals surface area contributed by atoms with Crippen LogP contribution in [-0.4, -0.2) is 30.1 Å². The summed E-state index contributed by atoms with van der Waals surface area (Å²) in [5, 5.41) is 0. The quantitative estimate of drug-likeness (QED) is 0.748. The fourth-order valence-corrected chi connectivity index (χ4v) is 3.24. The van der Waals surface area contributed by atoms with Gasteiger partial charge in [0.2, 0.25) is 0 Å². The van der Waals surface area contributed by atoms with Crippen molar-refractivity contribution in [1.82, 2.24) is 4.90 Å². The smallest absolute Gasteiger partial charge is 0.0102 e. The van der Waals surface area contributed by atoms with Gasteiger partial charge in [-0.2, -0.15) is 0 Å². The second-order valence-electron chi connectivity index (χ2n) is 5.13. The number of rotatable bonds is 3. The third kappa shape index (κ3) is 1.70. The first-order chi connectivity index (χ1) is 6.72. The third-order valence-electron chi connectivity index (χ3n) is 4.53. The van der Waals surface area contributed by atoms with E-state index in [9.17, 15) is 0 Å². The molecule has 2 saturated carbocycles. The van der Waals surface area contributed by atoms with Crippen LogP contribution in [0.5, 0.6) is 0 Å². The zero-order valence-corrected chi connectivity index (χ0v) is 9.63. The highest BCUT2D eigenvalue weighted by Crippen LogP contribution is 2.55. The monoisotopic (exact) mass is 196 g/mol. The Morgan fingerprint density at radius 2 is 1.71 bits per heavy atom. The molecule has 2 rings (SSSR count). The van der Waals surface area contributed by atoms with Gasteiger partial charge in [-0.25, -0.2) is 0 Å². The van der Waals surface area contributed by atoms with E-state index in [-0.39, 0.29) is 0 Å². The minimum atomic E-state index is 0.542. The molecule has 0 bridgehead atoms. The van der Waals surface area contributed by atoms with E-state index in [4.69, 9.17) is 5.73 Å². The van der Waals surface area contributed by atoms with Gasteiger partial charge in [0.05, 0.1) is 0 Å². The Morgan fingerprint density at radius 1 is 1.21 bits per heavy atom. The summed E-state index contributed by atoms with van der Waals surface area (Å²) in [7, 11) is 0. The molecule has 2 aliphatic carbocycles. The van der Waals surface area contributed by atoms with E-state index in [2.05, 4.69) is 18.7 Å². The summed E-state index contributed by atoms with van der Waals surface area (Å²) >= 11 is 0. The highest BCUT2D eigenvalue weighted by molar-refractivity contribution is 5.08. The number of nitrogens with two attached hydrogens (primary N) is 1. The first-order valence-corrected chi connectivity index (χ1v) is 6.21. The van der Waals surface area contributed by atoms with Crippen LogP contribution in [0.3, 0.4) is 0 Å². The third-order valence-corrected chi connectivity index (χ3v) is 4.53. The first-order valence-electron chi connectivity index (χ1n) is 6.21. The summed E-state index contributed by atoms with van der Waals surface area (Å²) in [6.45, 7) is 6.97. The van der Waals surface area contributed by atoms with Crippen molar-refractivity contribution in [3.8, 4) is 0 Å². The second kappa shape index (κ2) is 3.82. The van der Waals surface area contributed by atoms with Crippen molar-refractivity contribution in [3.05, 3.63) is 0 Å². The Hall–Kier alpha value is -0.0800. The zero-order valence-electron chi connectivity index (χ0n) is 9.63. The van der Waals surface area contributed by atoms with Gasteiger partial charge in [-0.05, 0) is 50.6 Å². The normalized spacial score (nSPS) is 42.0. The largest absolute Gasteiger partial charge is 0.327 e. The van der Waals surface area contributed by atoms with Gasteiger partial charge in [-0.3, -0.25) is 0 Å². The minimum absolute atomic E-state index is 0.542. The van der Waals surface area contributed by atoms with E-state index in [1.807, 2.05) is 0 Å². The van der Waals surface area contributed by atoms with Crippen LogP contribution in [0, 0.1) is 5.41 Å². The predicted molar refractivity (Wildman–Crippen MR) is 60.2 cm³/mol. The number of nitrogens with zero attached hydrogens (tertiary/aromatic N) is 1. The highest BCUT2D eigenvalue weighted by Gasteiger charge is 2.52. The fourth-order valence-electron chi connectivity index (χ4n) is 3.24. The van der Waals surface area contributed by atoms with E-state index in [0.717, 1.165) is 6.04 Å². The maximum atomic E-state index is 6.00. The minimum Gasteiger partial charge on any atom is -0.327 e. The molecule has 2 nitrogen and oxygen atoms in total. The van der Waals surface area contributed by atoms with Gasteiger partial charge in [0.25, 0.3) is 0 Å². The van der Waals surface area contributed by atoms with Crippen LogP contribution in [0.1, 0.15) is 46.0 Å². The van der Waals surface area contributed by atoms with Crippen LogP contribution in [0.15, 0.2) is 0 Å². The molecule has 1 unspecified atom stereocenters. The zero-order chi connectivity index (χ0) is 10.2. The molecule has 2 fully saturated rings. The van der Waals surface area contributed by atoms with Crippen molar-refractivity contribution < 1.29 is 0 Å². The molecule has 2 heteroatoms. The summed E-state index contributed by atoms with van der Waals surface area (Å²) in [5.74, 6) is 0. The van der Waals surface area contributed by atoms with E-state index in [1.165, 1.54) is 45.2 Å². The van der Waals surface area contributed by atoms with Crippen molar-refractivity contribution >= 4 is 0 Å². The Morgan fingerprint density at radius 3 is 2.07 bits per heavy atom. The van der Waals surface area contributed by atoms with Gasteiger partial charge in [-0.15, -0.1) is 0 Å². The van der Waals surface area contributed by atoms with Gasteiger partial charge in [0.1, 0.15) is 0 Å². The van der Waals surface area contributed by atoms with Crippen LogP contribution in [0.2, 0.25) is 0 Å². The summed E-state index contributed by atoms with van der Waals surface area (Å²) in [6, 6.07) is 1.39. The van der Waals surface area contributed by atoms with Crippen molar-refractivity contribution in [3.63, 3.8) is 0 Å². The molecular weight excluding hydrogens is 172 g/mol. The number of hydrogen-bond acceptors (Lipinski definition) is 2. The summed E-state index contributed by atoms with van der Waals surface area (Å²) in [5.41, 5.74) is 6.61. The highest BCUT2D eigenvalue weighted by atomic mass is 15.1. The van der Waals surface area contributed by atoms with Gasteiger partial charge in [-0.1, -0.05) is 13.8 Å². The lowest BCUT2D eigenvalue weighted by Gasteiger charge is -2.36. The van der Waals surface area contributed by atoms with Crippen molar-refractivity contribution in [1.29, 1.82) is 0 Å². The first kappa shape index (κ1) is 10.4. The summed E-state index contributed by atoms with van der Waals surface area (Å²) < 4.78 is 0. The maximum Gasteiger partial charge on any atom is 0.0102 e. The lowest BCUT2D eigenvalue weighted by Crippen LogP contribution is -2.39. The van der Waals surface area contributed by atoms with Crippen LogP contribution in [0.25, 0.3) is 0 Å². The van der Waals surface area contributed by atoms with Crippen LogP contribution in [-0.2, 0) is 0 Å². The molecule has 0 amide bonds. The molecule has 0 heterocycles. The molecule has 2 aliphatic rings. The second-order valence-corrected chi connectivity index (χ2v) is 5.13. The van der Waals surface area contributed by atoms with Crippen LogP contribution < -0.4 is 5.73 Å². The van der Waals surface area contributed by atoms with Crippen molar-refractivity contribution in [2.75, 3.05) is 13.1 Å². The standard InChI is InChI=1S/C12H24N2/c1-3-14(4-2)10-5-7-12(8-6-10)9-11(12)13/h10-11H,3-9,13H2,1-2H3. The maximum absolute atomic E-state index is 6.00. The van der Waals surface area contributed by atoms with Gasteiger partial charge in [0, 0.05) is 12.1 Å². The summed E-state index contributed by atoms with van der Waals surface area (Å²) in [4.78, 5) is 2.61. The summed E-state index contributed by atoms with van der Waals surface area (Å²) in [6.07, 6.45) is 6.84. The fraction of sp³-hybridized carbons (Fsp3) is 1.00. The average Bonchev–Trinajstić information content (AvgIpc) is 2.82. The molecule has 14 heavy (non-hydrogen) atoms. The Balaban J connectivity index is 1.83. The molecular formula is C12H24N2. The van der Waals surface area contributed by atoms with Crippen molar-refractivity contribution in [2.24, 2.45) is 11.1 Å². The molecule has 0 aromatic heterocycles. The van der Waals surface area contributed by atoms with Gasteiger partial charge < -0.3 is 10.6 Å². The lowest BCUT2D eigenvalue weighted by molar-refractivity contribution is 0.140. The lowest BCUT2D eigenvalue weighted by atomic mass is 9.82. The Labute approximate surface area is 87.8 Å². The van der Waals surface area contributed by atoms with E-state index < -0.39 is 0 Å². The van der Waals surface area contributed by atoms with Gasteiger partial charge >= 0.3 is 0 Å². The van der Waals surface area contributed by atoms with Crippen LogP contribution in [0.4, 0.5) is 0 Å². The predicted octanol–water partition coefficient (Wildman–Crippen LogP) is 1.99. The molecule has 2 N–H and O–H groups in total. The Kier molecular flexibility index (Phi) is 2.85. The van der Waals surface area contributed by atoms with Gasteiger partial charge in [0.15, 0.2) is 0 Å². The number of hydrogen-bond donors (Lipinski definition) is 1. The van der Waals surface area contributed by atoms with Crippen molar-refractivity contribution in [2.45, 2.75) is 58.0 Å². The SMILES string of the molecule is CCN(CC)C1CCC2(CC1)CC2N. The van der Waals surface area contributed by atoms with E-state index >= 15 is 0 Å². The molecule has 0 aromatic rings. The molecule has 0 aromatic carbocycles. The van der Waals surface area contributed by atoms with E-state index in [1.54, 1.807) is 0 Å². The van der Waals surface area contributed by atoms with Crippen LogP contribution >= 0.6 is 0 Å². The molecule has 1 atom stereocenters. The molecule has 0 aliphatic heterocycles. The molecule has 1 spiro atoms. The molecule has 0 radical (unpaired) electrons. The molecule has 0 saturated heterocycles. The topological polar surface area (TPSA) is 29.3 Å². The molecule has 82 valence electrons. The average molecular weight is 196 g/mol. The Bertz CT molecular complexity index is 190.